The fraction of sp³-hybridized carbons (Fsp3) is 0.0435. The van der Waals surface area contributed by atoms with Crippen molar-refractivity contribution in [2.24, 2.45) is 0 Å². The maximum absolute atomic E-state index is 2.41. The first kappa shape index (κ1) is 28.1. The molecular formula is C46H34N2. The van der Waals surface area contributed by atoms with Crippen molar-refractivity contribution in [1.29, 1.82) is 0 Å². The Bertz CT molecular complexity index is 2450. The minimum Gasteiger partial charge on any atom is -0.311 e. The fourth-order valence-electron chi connectivity index (χ4n) is 7.30. The zero-order valence-corrected chi connectivity index (χ0v) is 26.6. The number of allylic oxidation sites excluding steroid dienone is 3. The first-order chi connectivity index (χ1) is 23.8. The smallest absolute Gasteiger partial charge is 0.0547 e. The highest BCUT2D eigenvalue weighted by Crippen LogP contribution is 2.40. The van der Waals surface area contributed by atoms with Crippen LogP contribution < -0.4 is 4.90 Å². The second kappa shape index (κ2) is 11.9. The molecule has 48 heavy (non-hydrogen) atoms. The van der Waals surface area contributed by atoms with Crippen molar-refractivity contribution in [2.75, 3.05) is 4.90 Å². The third kappa shape index (κ3) is 4.99. The highest BCUT2D eigenvalue weighted by atomic mass is 15.1. The lowest BCUT2D eigenvalue weighted by atomic mass is 9.91. The second-order valence-corrected chi connectivity index (χ2v) is 12.6. The van der Waals surface area contributed by atoms with E-state index in [0.29, 0.717) is 5.92 Å². The molecule has 1 aromatic heterocycles. The van der Waals surface area contributed by atoms with Crippen LogP contribution in [0.1, 0.15) is 17.9 Å². The van der Waals surface area contributed by atoms with E-state index in [1.165, 1.54) is 60.7 Å². The van der Waals surface area contributed by atoms with Gasteiger partial charge < -0.3 is 9.47 Å². The van der Waals surface area contributed by atoms with E-state index in [1.54, 1.807) is 0 Å². The summed E-state index contributed by atoms with van der Waals surface area (Å²) in [5, 5.41) is 4.99. The van der Waals surface area contributed by atoms with E-state index in [1.807, 2.05) is 0 Å². The third-order valence-corrected chi connectivity index (χ3v) is 9.69. The van der Waals surface area contributed by atoms with Gasteiger partial charge in [-0.1, -0.05) is 127 Å². The molecule has 1 aliphatic carbocycles. The first-order valence-corrected chi connectivity index (χ1v) is 16.7. The lowest BCUT2D eigenvalue weighted by molar-refractivity contribution is 0.840. The van der Waals surface area contributed by atoms with Crippen molar-refractivity contribution in [3.8, 4) is 16.8 Å². The van der Waals surface area contributed by atoms with Crippen molar-refractivity contribution in [1.82, 2.24) is 4.57 Å². The Hall–Kier alpha value is -6.12. The molecule has 1 atom stereocenters. The van der Waals surface area contributed by atoms with Crippen LogP contribution in [0.2, 0.25) is 0 Å². The lowest BCUT2D eigenvalue weighted by Crippen LogP contribution is -2.17. The van der Waals surface area contributed by atoms with E-state index in [2.05, 4.69) is 198 Å². The summed E-state index contributed by atoms with van der Waals surface area (Å²) in [7, 11) is 0. The number of hydrogen-bond donors (Lipinski definition) is 0. The van der Waals surface area contributed by atoms with E-state index < -0.39 is 0 Å². The molecule has 228 valence electrons. The second-order valence-electron chi connectivity index (χ2n) is 12.6. The molecule has 0 spiro atoms. The Balaban J connectivity index is 1.18. The van der Waals surface area contributed by atoms with E-state index in [9.17, 15) is 0 Å². The highest BCUT2D eigenvalue weighted by molar-refractivity contribution is 6.14. The van der Waals surface area contributed by atoms with Crippen LogP contribution in [-0.4, -0.2) is 4.57 Å². The summed E-state index contributed by atoms with van der Waals surface area (Å²) in [6.45, 7) is 0. The molecule has 1 aliphatic rings. The van der Waals surface area contributed by atoms with Gasteiger partial charge in [0.15, 0.2) is 0 Å². The van der Waals surface area contributed by atoms with E-state index in [4.69, 9.17) is 0 Å². The fourth-order valence-corrected chi connectivity index (χ4v) is 7.30. The summed E-state index contributed by atoms with van der Waals surface area (Å²) in [6, 6.07) is 61.4. The molecular weight excluding hydrogens is 581 g/mol. The number of para-hydroxylation sites is 2. The first-order valence-electron chi connectivity index (χ1n) is 16.7. The van der Waals surface area contributed by atoms with Crippen molar-refractivity contribution in [3.63, 3.8) is 0 Å². The van der Waals surface area contributed by atoms with Gasteiger partial charge in [0.25, 0.3) is 0 Å². The predicted molar refractivity (Wildman–Crippen MR) is 203 cm³/mol. The van der Waals surface area contributed by atoms with E-state index >= 15 is 0 Å². The minimum atomic E-state index is 0.377. The standard InChI is InChI=1S/C46H34N2/c1-4-12-33(13-5-1)35-20-25-40(26-21-35)47(41-27-22-36(23-28-41)34-14-6-2-7-15-34)42-29-24-37-31-44-43-18-10-11-19-45(43)48(39-16-8-3-9-17-39)46(44)32-38(37)30-42/h1-22,24-32,36H,23H2/t36-/m0/s1. The number of anilines is 2. The Morgan fingerprint density at radius 2 is 1.17 bits per heavy atom. The van der Waals surface area contributed by atoms with Crippen molar-refractivity contribution >= 4 is 44.0 Å². The van der Waals surface area contributed by atoms with Gasteiger partial charge in [0.1, 0.15) is 0 Å². The Morgan fingerprint density at radius 3 is 1.92 bits per heavy atom. The molecule has 1 heterocycles. The Morgan fingerprint density at radius 1 is 0.500 bits per heavy atom. The molecule has 0 amide bonds. The van der Waals surface area contributed by atoms with Gasteiger partial charge in [-0.2, -0.15) is 0 Å². The summed E-state index contributed by atoms with van der Waals surface area (Å²) in [5.41, 5.74) is 10.9. The largest absolute Gasteiger partial charge is 0.311 e. The quantitative estimate of drug-likeness (QED) is 0.181. The van der Waals surface area contributed by atoms with Gasteiger partial charge in [0.05, 0.1) is 11.0 Å². The number of rotatable bonds is 6. The zero-order valence-electron chi connectivity index (χ0n) is 26.6. The van der Waals surface area contributed by atoms with Gasteiger partial charge in [-0.25, -0.2) is 0 Å². The number of fused-ring (bicyclic) bond motifs is 4. The van der Waals surface area contributed by atoms with Gasteiger partial charge in [-0.3, -0.25) is 0 Å². The average molecular weight is 615 g/mol. The van der Waals surface area contributed by atoms with E-state index in [-0.39, 0.29) is 0 Å². The van der Waals surface area contributed by atoms with Gasteiger partial charge in [-0.15, -0.1) is 0 Å². The van der Waals surface area contributed by atoms with Crippen LogP contribution in [0.5, 0.6) is 0 Å². The molecule has 0 radical (unpaired) electrons. The number of hydrogen-bond acceptors (Lipinski definition) is 1. The van der Waals surface area contributed by atoms with Crippen LogP contribution in [0.25, 0.3) is 49.4 Å². The van der Waals surface area contributed by atoms with Crippen molar-refractivity contribution in [3.05, 3.63) is 199 Å². The minimum absolute atomic E-state index is 0.377. The molecule has 2 nitrogen and oxygen atoms in total. The zero-order chi connectivity index (χ0) is 31.9. The summed E-state index contributed by atoms with van der Waals surface area (Å²) < 4.78 is 2.40. The molecule has 0 N–H and O–H groups in total. The molecule has 9 rings (SSSR count). The molecule has 7 aromatic carbocycles. The number of nitrogens with zero attached hydrogens (tertiary/aromatic N) is 2. The van der Waals surface area contributed by atoms with Crippen LogP contribution in [0.4, 0.5) is 11.4 Å². The van der Waals surface area contributed by atoms with Gasteiger partial charge in [-0.05, 0) is 94.6 Å². The van der Waals surface area contributed by atoms with Crippen LogP contribution in [-0.2, 0) is 0 Å². The van der Waals surface area contributed by atoms with Gasteiger partial charge in [0, 0.05) is 39.4 Å². The summed E-state index contributed by atoms with van der Waals surface area (Å²) in [5.74, 6) is 0.377. The van der Waals surface area contributed by atoms with E-state index in [0.717, 1.165) is 17.8 Å². The molecule has 0 saturated heterocycles. The number of aromatic nitrogens is 1. The third-order valence-electron chi connectivity index (χ3n) is 9.69. The van der Waals surface area contributed by atoms with Crippen LogP contribution in [0, 0.1) is 0 Å². The summed E-state index contributed by atoms with van der Waals surface area (Å²) >= 11 is 0. The monoisotopic (exact) mass is 614 g/mol. The van der Waals surface area contributed by atoms with Crippen molar-refractivity contribution in [2.45, 2.75) is 12.3 Å². The maximum Gasteiger partial charge on any atom is 0.0547 e. The van der Waals surface area contributed by atoms with Gasteiger partial charge >= 0.3 is 0 Å². The molecule has 0 aliphatic heterocycles. The topological polar surface area (TPSA) is 8.17 Å². The predicted octanol–water partition coefficient (Wildman–Crippen LogP) is 12.4. The molecule has 0 unspecified atom stereocenters. The molecule has 0 saturated carbocycles. The number of benzene rings is 7. The normalized spacial score (nSPS) is 14.4. The Labute approximate surface area is 281 Å². The molecule has 8 aromatic rings. The summed E-state index contributed by atoms with van der Waals surface area (Å²) in [4.78, 5) is 2.41. The van der Waals surface area contributed by atoms with Crippen molar-refractivity contribution < 1.29 is 0 Å². The lowest BCUT2D eigenvalue weighted by Gasteiger charge is -2.29. The highest BCUT2D eigenvalue weighted by Gasteiger charge is 2.20. The van der Waals surface area contributed by atoms with Crippen LogP contribution >= 0.6 is 0 Å². The molecule has 2 heteroatoms. The van der Waals surface area contributed by atoms with Crippen LogP contribution in [0.3, 0.4) is 0 Å². The Kier molecular flexibility index (Phi) is 6.98. The SMILES string of the molecule is C1=C[C@H](c2ccccc2)CC=C1N(c1ccc(-c2ccccc2)cc1)c1ccc2cc3c4ccccc4n(-c4ccccc4)c3cc2c1. The van der Waals surface area contributed by atoms with Gasteiger partial charge in [0.2, 0.25) is 0 Å². The molecule has 0 bridgehead atoms. The average Bonchev–Trinajstić information content (AvgIpc) is 3.48. The maximum atomic E-state index is 2.41. The van der Waals surface area contributed by atoms with Crippen LogP contribution in [0.15, 0.2) is 194 Å². The summed E-state index contributed by atoms with van der Waals surface area (Å²) in [6.07, 6.45) is 8.01. The molecule has 0 fully saturated rings.